The highest BCUT2D eigenvalue weighted by atomic mass is 32.2. The fourth-order valence-corrected chi connectivity index (χ4v) is 4.32. The molecule has 33 heavy (non-hydrogen) atoms. The molecule has 3 N–H and O–H groups in total. The van der Waals surface area contributed by atoms with Crippen LogP contribution in [0.3, 0.4) is 0 Å². The molecule has 0 bridgehead atoms. The Bertz CT molecular complexity index is 1440. The minimum absolute atomic E-state index is 0.0111. The Labute approximate surface area is 190 Å². The van der Waals surface area contributed by atoms with E-state index in [2.05, 4.69) is 19.9 Å². The third-order valence-corrected chi connectivity index (χ3v) is 6.32. The summed E-state index contributed by atoms with van der Waals surface area (Å²) in [6.45, 7) is 0. The van der Waals surface area contributed by atoms with Gasteiger partial charge in [-0.1, -0.05) is 18.2 Å². The Balaban J connectivity index is 1.56. The standard InChI is InChI=1S/C23H21N5O4S/c1-28(2)17-11-7-15(8-12-17)25-26-16-9-13-18(14-10-16)33(31,32)27-21-19-5-3-4-6-20(19)24-22(21)23(29)30/h3-14,24,27H,1-2H3,(H,29,30). The predicted octanol–water partition coefficient (Wildman–Crippen LogP) is 5.15. The molecule has 168 valence electrons. The first-order valence-electron chi connectivity index (χ1n) is 9.90. The number of fused-ring (bicyclic) bond motifs is 1. The number of carboxylic acid groups (broad SMARTS) is 1. The number of rotatable bonds is 7. The van der Waals surface area contributed by atoms with Gasteiger partial charge in [0, 0.05) is 30.7 Å². The molecule has 10 heteroatoms. The first-order chi connectivity index (χ1) is 15.7. The van der Waals surface area contributed by atoms with Crippen LogP contribution < -0.4 is 9.62 Å². The molecule has 1 aromatic heterocycles. The Morgan fingerprint density at radius 1 is 0.909 bits per heavy atom. The van der Waals surface area contributed by atoms with E-state index in [1.807, 2.05) is 43.3 Å². The molecule has 3 aromatic carbocycles. The van der Waals surface area contributed by atoms with Crippen molar-refractivity contribution < 1.29 is 18.3 Å². The summed E-state index contributed by atoms with van der Waals surface area (Å²) in [6, 6.07) is 20.1. The Morgan fingerprint density at radius 2 is 1.48 bits per heavy atom. The van der Waals surface area contributed by atoms with Gasteiger partial charge in [-0.05, 0) is 54.6 Å². The fourth-order valence-electron chi connectivity index (χ4n) is 3.23. The van der Waals surface area contributed by atoms with Gasteiger partial charge in [0.05, 0.1) is 22.0 Å². The molecule has 4 aromatic rings. The average Bonchev–Trinajstić information content (AvgIpc) is 3.16. The van der Waals surface area contributed by atoms with Crippen LogP contribution in [0.2, 0.25) is 0 Å². The lowest BCUT2D eigenvalue weighted by Crippen LogP contribution is -2.15. The summed E-state index contributed by atoms with van der Waals surface area (Å²) in [7, 11) is -0.145. The number of azo groups is 1. The van der Waals surface area contributed by atoms with Gasteiger partial charge in [0.15, 0.2) is 0 Å². The lowest BCUT2D eigenvalue weighted by atomic mass is 10.2. The van der Waals surface area contributed by atoms with E-state index in [9.17, 15) is 18.3 Å². The summed E-state index contributed by atoms with van der Waals surface area (Å²) in [4.78, 5) is 16.3. The topological polar surface area (TPSA) is 127 Å². The second-order valence-electron chi connectivity index (χ2n) is 7.44. The van der Waals surface area contributed by atoms with Crippen LogP contribution in [0.4, 0.5) is 22.7 Å². The quantitative estimate of drug-likeness (QED) is 0.327. The maximum Gasteiger partial charge on any atom is 0.354 e. The molecule has 0 atom stereocenters. The number of nitrogens with one attached hydrogen (secondary N) is 2. The number of nitrogens with zero attached hydrogens (tertiary/aromatic N) is 3. The van der Waals surface area contributed by atoms with Gasteiger partial charge in [-0.15, -0.1) is 0 Å². The van der Waals surface area contributed by atoms with E-state index in [4.69, 9.17) is 0 Å². The summed E-state index contributed by atoms with van der Waals surface area (Å²) in [5.74, 6) is -1.27. The molecule has 0 radical (unpaired) electrons. The van der Waals surface area contributed by atoms with E-state index < -0.39 is 16.0 Å². The maximum atomic E-state index is 12.9. The maximum absolute atomic E-state index is 12.9. The summed E-state index contributed by atoms with van der Waals surface area (Å²) < 4.78 is 28.2. The van der Waals surface area contributed by atoms with E-state index in [0.29, 0.717) is 22.3 Å². The number of H-pyrrole nitrogens is 1. The number of benzene rings is 3. The fraction of sp³-hybridized carbons (Fsp3) is 0.0870. The van der Waals surface area contributed by atoms with Crippen LogP contribution in [0.15, 0.2) is 87.9 Å². The second kappa shape index (κ2) is 8.75. The molecule has 0 unspecified atom stereocenters. The van der Waals surface area contributed by atoms with E-state index in [-0.39, 0.29) is 16.3 Å². The Hall–Kier alpha value is -4.18. The van der Waals surface area contributed by atoms with Crippen molar-refractivity contribution in [2.24, 2.45) is 10.2 Å². The van der Waals surface area contributed by atoms with Crippen molar-refractivity contribution in [3.05, 3.63) is 78.5 Å². The molecule has 0 saturated heterocycles. The number of aromatic carboxylic acids is 1. The van der Waals surface area contributed by atoms with Gasteiger partial charge < -0.3 is 15.0 Å². The molecule has 0 aliphatic carbocycles. The average molecular weight is 464 g/mol. The van der Waals surface area contributed by atoms with Crippen molar-refractivity contribution in [2.75, 3.05) is 23.7 Å². The summed E-state index contributed by atoms with van der Waals surface area (Å²) >= 11 is 0. The molecule has 0 saturated carbocycles. The Kier molecular flexibility index (Phi) is 5.84. The van der Waals surface area contributed by atoms with Crippen LogP contribution in [0.25, 0.3) is 10.9 Å². The third-order valence-electron chi connectivity index (χ3n) is 4.95. The minimum Gasteiger partial charge on any atom is -0.477 e. The molecule has 0 aliphatic heterocycles. The van der Waals surface area contributed by atoms with Crippen molar-refractivity contribution >= 4 is 49.6 Å². The van der Waals surface area contributed by atoms with Crippen molar-refractivity contribution in [2.45, 2.75) is 4.90 Å². The SMILES string of the molecule is CN(C)c1ccc(N=Nc2ccc(S(=O)(=O)Nc3c(C(=O)O)[nH]c4ccccc34)cc2)cc1. The number of hydrogen-bond donors (Lipinski definition) is 3. The molecule has 0 aliphatic rings. The van der Waals surface area contributed by atoms with Crippen molar-refractivity contribution in [1.29, 1.82) is 0 Å². The zero-order valence-electron chi connectivity index (χ0n) is 17.9. The molecule has 4 rings (SSSR count). The van der Waals surface area contributed by atoms with Crippen LogP contribution in [-0.2, 0) is 10.0 Å². The highest BCUT2D eigenvalue weighted by Gasteiger charge is 2.22. The molecule has 1 heterocycles. The zero-order valence-corrected chi connectivity index (χ0v) is 18.7. The van der Waals surface area contributed by atoms with Gasteiger partial charge in [0.2, 0.25) is 0 Å². The number of carboxylic acids is 1. The summed E-state index contributed by atoms with van der Waals surface area (Å²) in [5, 5.41) is 18.2. The monoisotopic (exact) mass is 463 g/mol. The normalized spacial score (nSPS) is 11.7. The van der Waals surface area contributed by atoms with Gasteiger partial charge in [-0.2, -0.15) is 10.2 Å². The lowest BCUT2D eigenvalue weighted by Gasteiger charge is -2.11. The van der Waals surface area contributed by atoms with Crippen molar-refractivity contribution in [3.8, 4) is 0 Å². The van der Waals surface area contributed by atoms with Crippen LogP contribution in [0.5, 0.6) is 0 Å². The first kappa shape index (κ1) is 22.0. The molecular formula is C23H21N5O4S. The summed E-state index contributed by atoms with van der Waals surface area (Å²) in [6.07, 6.45) is 0. The van der Waals surface area contributed by atoms with E-state index in [1.54, 1.807) is 24.3 Å². The predicted molar refractivity (Wildman–Crippen MR) is 127 cm³/mol. The van der Waals surface area contributed by atoms with Gasteiger partial charge >= 0.3 is 5.97 Å². The van der Waals surface area contributed by atoms with Gasteiger partial charge in [0.1, 0.15) is 5.69 Å². The molecule has 9 nitrogen and oxygen atoms in total. The number of anilines is 2. The smallest absolute Gasteiger partial charge is 0.354 e. The number of sulfonamides is 1. The number of aromatic amines is 1. The van der Waals surface area contributed by atoms with Crippen LogP contribution in [0, 0.1) is 0 Å². The largest absolute Gasteiger partial charge is 0.477 e. The zero-order chi connectivity index (χ0) is 23.6. The van der Waals surface area contributed by atoms with Crippen molar-refractivity contribution in [3.63, 3.8) is 0 Å². The van der Waals surface area contributed by atoms with Crippen molar-refractivity contribution in [1.82, 2.24) is 4.98 Å². The van der Waals surface area contributed by atoms with E-state index in [0.717, 1.165) is 5.69 Å². The Morgan fingerprint density at radius 3 is 2.06 bits per heavy atom. The van der Waals surface area contributed by atoms with Gasteiger partial charge in [-0.25, -0.2) is 13.2 Å². The van der Waals surface area contributed by atoms with Crippen LogP contribution in [0.1, 0.15) is 10.5 Å². The number of aromatic nitrogens is 1. The van der Waals surface area contributed by atoms with Gasteiger partial charge in [0.25, 0.3) is 10.0 Å². The minimum atomic E-state index is -4.04. The molecule has 0 amide bonds. The lowest BCUT2D eigenvalue weighted by molar-refractivity contribution is 0.0692. The number of carbonyl (C=O) groups is 1. The summed E-state index contributed by atoms with van der Waals surface area (Å²) in [5.41, 5.74) is 2.45. The number of para-hydroxylation sites is 1. The highest BCUT2D eigenvalue weighted by molar-refractivity contribution is 7.92. The van der Waals surface area contributed by atoms with E-state index in [1.165, 1.54) is 24.3 Å². The molecule has 0 spiro atoms. The number of hydrogen-bond acceptors (Lipinski definition) is 6. The molecular weight excluding hydrogens is 442 g/mol. The van der Waals surface area contributed by atoms with E-state index >= 15 is 0 Å². The van der Waals surface area contributed by atoms with Crippen LogP contribution >= 0.6 is 0 Å². The molecule has 0 fully saturated rings. The van der Waals surface area contributed by atoms with Crippen LogP contribution in [-0.4, -0.2) is 38.6 Å². The first-order valence-corrected chi connectivity index (χ1v) is 11.4. The third kappa shape index (κ3) is 4.70. The van der Waals surface area contributed by atoms with Gasteiger partial charge in [-0.3, -0.25) is 4.72 Å². The second-order valence-corrected chi connectivity index (χ2v) is 9.12. The highest BCUT2D eigenvalue weighted by Crippen LogP contribution is 2.30.